The minimum atomic E-state index is -0.632. The van der Waals surface area contributed by atoms with Crippen molar-refractivity contribution in [2.45, 2.75) is 165 Å². The fourth-order valence-electron chi connectivity index (χ4n) is 14.6. The van der Waals surface area contributed by atoms with Crippen LogP contribution in [0.1, 0.15) is 162 Å². The molecule has 6 aliphatic rings. The summed E-state index contributed by atoms with van der Waals surface area (Å²) in [7, 11) is 0. The van der Waals surface area contributed by atoms with Crippen LogP contribution < -0.4 is 0 Å². The summed E-state index contributed by atoms with van der Waals surface area (Å²) in [5.74, 6) is 1.68. The highest BCUT2D eigenvalue weighted by Crippen LogP contribution is 2.53. The minimum Gasteiger partial charge on any atom is -0.481 e. The number of ketones is 2. The highest BCUT2D eigenvalue weighted by Gasteiger charge is 2.45. The Morgan fingerprint density at radius 1 is 0.437 bits per heavy atom. The van der Waals surface area contributed by atoms with E-state index in [-0.39, 0.29) is 17.8 Å². The van der Waals surface area contributed by atoms with Gasteiger partial charge >= 0.3 is 5.97 Å². The fraction of sp³-hybridized carbons (Fsp3) is 0.492. The summed E-state index contributed by atoms with van der Waals surface area (Å²) >= 11 is 11.9. The van der Waals surface area contributed by atoms with Gasteiger partial charge in [0.25, 0.3) is 0 Å². The predicted molar refractivity (Wildman–Crippen MR) is 291 cm³/mol. The van der Waals surface area contributed by atoms with E-state index in [1.807, 2.05) is 55.5 Å². The lowest BCUT2D eigenvalue weighted by molar-refractivity contribution is -0.143. The molecule has 3 spiro atoms. The highest BCUT2D eigenvalue weighted by atomic mass is 35.5. The first-order valence-corrected chi connectivity index (χ1v) is 28.0. The first-order chi connectivity index (χ1) is 34.3. The van der Waals surface area contributed by atoms with Gasteiger partial charge in [-0.2, -0.15) is 0 Å². The molecule has 4 nitrogen and oxygen atoms in total. The van der Waals surface area contributed by atoms with Crippen molar-refractivity contribution in [2.75, 3.05) is 0 Å². The van der Waals surface area contributed by atoms with Gasteiger partial charge in [-0.25, -0.2) is 0 Å². The molecule has 3 fully saturated rings. The Morgan fingerprint density at radius 2 is 0.718 bits per heavy atom. The van der Waals surface area contributed by atoms with Gasteiger partial charge in [0.2, 0.25) is 0 Å². The zero-order chi connectivity index (χ0) is 49.8. The van der Waals surface area contributed by atoms with Crippen LogP contribution in [0.25, 0.3) is 0 Å². The maximum atomic E-state index is 12.8. The monoisotopic (exact) mass is 991 g/mol. The Hall–Kier alpha value is -4.51. The Kier molecular flexibility index (Phi) is 16.1. The molecule has 0 amide bonds. The molecule has 0 saturated heterocycles. The number of carbonyl (C=O) groups excluding carboxylic acids is 2. The standard InChI is InChI=1S/2C24H27ClO.C17H22O2/c2*1-17(23(26)16-18-6-8-21(25)9-7-18)19-10-13-24(14-11-19)15-12-20-4-2-3-5-22(20)24;1-12(16(18)19)13-6-9-17(10-7-13)11-8-14-4-2-3-5-15(14)17/h2*2-9,17,19H,10-16H2,1H3;2-5,12-13H,6-11H2,1H3,(H,18,19). The maximum absolute atomic E-state index is 12.8. The van der Waals surface area contributed by atoms with Gasteiger partial charge in [-0.15, -0.1) is 0 Å². The number of carboxylic acid groups (broad SMARTS) is 1. The smallest absolute Gasteiger partial charge is 0.306 e. The van der Waals surface area contributed by atoms with E-state index in [4.69, 9.17) is 28.3 Å². The number of hydrogen-bond donors (Lipinski definition) is 1. The van der Waals surface area contributed by atoms with Gasteiger partial charge in [0.15, 0.2) is 0 Å². The number of hydrogen-bond acceptors (Lipinski definition) is 3. The number of aryl methyl sites for hydroxylation is 3. The molecule has 0 radical (unpaired) electrons. The van der Waals surface area contributed by atoms with Crippen LogP contribution in [0.4, 0.5) is 0 Å². The summed E-state index contributed by atoms with van der Waals surface area (Å²) in [6.07, 6.45) is 22.8. The fourth-order valence-corrected chi connectivity index (χ4v) is 14.8. The van der Waals surface area contributed by atoms with E-state index in [9.17, 15) is 14.4 Å². The van der Waals surface area contributed by atoms with Crippen molar-refractivity contribution in [1.29, 1.82) is 0 Å². The number of rotatable bonds is 10. The summed E-state index contributed by atoms with van der Waals surface area (Å²) in [5, 5.41) is 10.6. The van der Waals surface area contributed by atoms with Crippen LogP contribution in [-0.2, 0) is 62.7 Å². The molecule has 3 atom stereocenters. The third-order valence-corrected chi connectivity index (χ3v) is 20.0. The number of carboxylic acids is 1. The Labute approximate surface area is 434 Å². The molecular weight excluding hydrogens is 916 g/mol. The van der Waals surface area contributed by atoms with E-state index in [0.29, 0.717) is 58.4 Å². The van der Waals surface area contributed by atoms with E-state index in [2.05, 4.69) is 86.6 Å². The Bertz CT molecular complexity index is 2490. The minimum absolute atomic E-state index is 0.152. The summed E-state index contributed by atoms with van der Waals surface area (Å²) in [4.78, 5) is 36.7. The van der Waals surface area contributed by atoms with Gasteiger partial charge in [0, 0.05) is 34.7 Å². The third-order valence-electron chi connectivity index (χ3n) is 19.5. The molecule has 11 rings (SSSR count). The molecule has 6 heteroatoms. The number of aliphatic carboxylic acids is 1. The zero-order valence-corrected chi connectivity index (χ0v) is 44.1. The molecule has 374 valence electrons. The average Bonchev–Trinajstić information content (AvgIpc) is 4.07. The molecule has 1 N–H and O–H groups in total. The Morgan fingerprint density at radius 3 is 1.01 bits per heavy atom. The lowest BCUT2D eigenvalue weighted by atomic mass is 9.64. The second-order valence-electron chi connectivity index (χ2n) is 23.1. The van der Waals surface area contributed by atoms with Crippen LogP contribution in [-0.4, -0.2) is 22.6 Å². The van der Waals surface area contributed by atoms with Crippen molar-refractivity contribution in [3.05, 3.63) is 176 Å². The van der Waals surface area contributed by atoms with Crippen molar-refractivity contribution >= 4 is 40.7 Å². The van der Waals surface area contributed by atoms with Crippen LogP contribution in [0.3, 0.4) is 0 Å². The highest BCUT2D eigenvalue weighted by molar-refractivity contribution is 6.30. The molecule has 5 aromatic rings. The van der Waals surface area contributed by atoms with E-state index >= 15 is 0 Å². The Balaban J connectivity index is 0.000000134. The summed E-state index contributed by atoms with van der Waals surface area (Å²) in [5.41, 5.74) is 12.7. The number of benzene rings is 5. The van der Waals surface area contributed by atoms with Crippen molar-refractivity contribution < 1.29 is 19.5 Å². The molecule has 3 saturated carbocycles. The van der Waals surface area contributed by atoms with Gasteiger partial charge in [-0.3, -0.25) is 14.4 Å². The van der Waals surface area contributed by atoms with Crippen molar-refractivity contribution in [2.24, 2.45) is 35.5 Å². The van der Waals surface area contributed by atoms with Gasteiger partial charge in [0.05, 0.1) is 5.92 Å². The second kappa shape index (κ2) is 22.3. The van der Waals surface area contributed by atoms with Gasteiger partial charge in [0.1, 0.15) is 11.6 Å². The zero-order valence-electron chi connectivity index (χ0n) is 42.6. The lowest BCUT2D eigenvalue weighted by Crippen LogP contribution is -2.34. The molecule has 0 aliphatic heterocycles. The van der Waals surface area contributed by atoms with Crippen LogP contribution in [0.15, 0.2) is 121 Å². The van der Waals surface area contributed by atoms with Gasteiger partial charge in [-0.05, 0) is 218 Å². The second-order valence-corrected chi connectivity index (χ2v) is 23.9. The van der Waals surface area contributed by atoms with E-state index < -0.39 is 5.97 Å². The summed E-state index contributed by atoms with van der Waals surface area (Å²) in [6, 6.07) is 42.2. The van der Waals surface area contributed by atoms with Crippen molar-refractivity contribution in [3.8, 4) is 0 Å². The maximum Gasteiger partial charge on any atom is 0.306 e. The van der Waals surface area contributed by atoms with E-state index in [1.54, 1.807) is 27.8 Å². The molecule has 0 aromatic heterocycles. The molecule has 3 unspecified atom stereocenters. The number of Topliss-reactive ketones (excluding diaryl/α,β-unsaturated/α-hetero) is 2. The molecule has 0 heterocycles. The quantitative estimate of drug-likeness (QED) is 0.151. The predicted octanol–water partition coefficient (Wildman–Crippen LogP) is 16.1. The number of fused-ring (bicyclic) bond motifs is 6. The first kappa shape index (κ1) is 51.4. The summed E-state index contributed by atoms with van der Waals surface area (Å²) in [6.45, 7) is 6.15. The topological polar surface area (TPSA) is 71.4 Å². The number of carbonyl (C=O) groups is 3. The van der Waals surface area contributed by atoms with Gasteiger partial charge in [-0.1, -0.05) is 141 Å². The summed E-state index contributed by atoms with van der Waals surface area (Å²) < 4.78 is 0. The van der Waals surface area contributed by atoms with E-state index in [1.165, 1.54) is 108 Å². The SMILES string of the molecule is CC(C(=O)Cc1ccc(Cl)cc1)C1CCC2(CCc3ccccc32)CC1.CC(C(=O)Cc1ccc(Cl)cc1)C1CCC2(CCc3ccccc32)CC1.CC(C(=O)O)C1CCC2(CCc3ccccc32)CC1. The number of halogens is 2. The average molecular weight is 992 g/mol. The first-order valence-electron chi connectivity index (χ1n) is 27.3. The van der Waals surface area contributed by atoms with Crippen LogP contribution in [0.5, 0.6) is 0 Å². The largest absolute Gasteiger partial charge is 0.481 e. The van der Waals surface area contributed by atoms with Crippen LogP contribution in [0, 0.1) is 35.5 Å². The van der Waals surface area contributed by atoms with E-state index in [0.717, 1.165) is 34.0 Å². The van der Waals surface area contributed by atoms with Crippen LogP contribution >= 0.6 is 23.2 Å². The third kappa shape index (κ3) is 11.4. The molecule has 71 heavy (non-hydrogen) atoms. The van der Waals surface area contributed by atoms with Crippen molar-refractivity contribution in [1.82, 2.24) is 0 Å². The lowest BCUT2D eigenvalue weighted by Gasteiger charge is -2.40. The normalized spacial score (nSPS) is 27.3. The molecule has 5 aromatic carbocycles. The van der Waals surface area contributed by atoms with Crippen LogP contribution in [0.2, 0.25) is 10.0 Å². The van der Waals surface area contributed by atoms with Crippen molar-refractivity contribution in [3.63, 3.8) is 0 Å². The van der Waals surface area contributed by atoms with Gasteiger partial charge < -0.3 is 5.11 Å². The molecular formula is C65H76Cl2O4. The molecule has 6 aliphatic carbocycles. The molecule has 0 bridgehead atoms.